The van der Waals surface area contributed by atoms with Crippen molar-refractivity contribution >= 4 is 38.9 Å². The number of hydrogen-bond donors (Lipinski definition) is 0. The van der Waals surface area contributed by atoms with E-state index in [4.69, 9.17) is 0 Å². The van der Waals surface area contributed by atoms with Gasteiger partial charge in [-0.15, -0.1) is 11.3 Å². The number of thioether (sulfide) groups is 1. The smallest absolute Gasteiger partial charge is 0.151 e. The van der Waals surface area contributed by atoms with Gasteiger partial charge in [0.05, 0.1) is 10.2 Å². The molecule has 3 aromatic rings. The third kappa shape index (κ3) is 2.79. The van der Waals surface area contributed by atoms with Crippen LogP contribution in [-0.2, 0) is 5.75 Å². The van der Waals surface area contributed by atoms with Crippen molar-refractivity contribution in [3.63, 3.8) is 0 Å². The van der Waals surface area contributed by atoms with E-state index in [9.17, 15) is 0 Å². The second-order valence-electron chi connectivity index (χ2n) is 4.67. The van der Waals surface area contributed by atoms with Crippen molar-refractivity contribution in [2.24, 2.45) is 0 Å². The fourth-order valence-electron chi connectivity index (χ4n) is 2.11. The lowest BCUT2D eigenvalue weighted by molar-refractivity contribution is 1.28. The number of benzene rings is 2. The van der Waals surface area contributed by atoms with Crippen molar-refractivity contribution in [2.45, 2.75) is 17.0 Å². The van der Waals surface area contributed by atoms with Gasteiger partial charge >= 0.3 is 0 Å². The Labute approximate surface area is 127 Å². The maximum atomic E-state index is 4.66. The number of thiazole rings is 1. The largest absolute Gasteiger partial charge is 0.230 e. The van der Waals surface area contributed by atoms with Crippen LogP contribution in [0, 0.1) is 0 Å². The van der Waals surface area contributed by atoms with Crippen molar-refractivity contribution < 1.29 is 0 Å². The first-order chi connectivity index (χ1) is 9.74. The minimum absolute atomic E-state index is 0.933. The summed E-state index contributed by atoms with van der Waals surface area (Å²) < 4.78 is 2.38. The van der Waals surface area contributed by atoms with Crippen LogP contribution in [0.5, 0.6) is 0 Å². The van der Waals surface area contributed by atoms with Crippen molar-refractivity contribution in [1.82, 2.24) is 4.98 Å². The van der Waals surface area contributed by atoms with Gasteiger partial charge in [-0.1, -0.05) is 60.3 Å². The maximum Gasteiger partial charge on any atom is 0.151 e. The van der Waals surface area contributed by atoms with Crippen LogP contribution < -0.4 is 0 Å². The van der Waals surface area contributed by atoms with Crippen molar-refractivity contribution in [3.05, 3.63) is 66.2 Å². The number of fused-ring (bicyclic) bond motifs is 1. The molecule has 0 amide bonds. The van der Waals surface area contributed by atoms with Crippen molar-refractivity contribution in [1.29, 1.82) is 0 Å². The molecule has 0 aliphatic carbocycles. The van der Waals surface area contributed by atoms with Crippen LogP contribution in [0.3, 0.4) is 0 Å². The number of nitrogens with zero attached hydrogens (tertiary/aromatic N) is 1. The third-order valence-corrected chi connectivity index (χ3v) is 5.33. The molecule has 1 aromatic heterocycles. The number of rotatable bonds is 4. The zero-order chi connectivity index (χ0) is 13.9. The van der Waals surface area contributed by atoms with Gasteiger partial charge in [0.2, 0.25) is 0 Å². The molecule has 1 heterocycles. The fourth-order valence-corrected chi connectivity index (χ4v) is 4.19. The van der Waals surface area contributed by atoms with E-state index >= 15 is 0 Å². The Balaban J connectivity index is 1.81. The molecule has 2 aromatic carbocycles. The minimum Gasteiger partial charge on any atom is -0.230 e. The van der Waals surface area contributed by atoms with Crippen LogP contribution in [0.4, 0.5) is 0 Å². The number of hydrogen-bond acceptors (Lipinski definition) is 3. The number of para-hydroxylation sites is 1. The van der Waals surface area contributed by atoms with Gasteiger partial charge in [0.1, 0.15) is 0 Å². The van der Waals surface area contributed by atoms with Gasteiger partial charge in [-0.3, -0.25) is 0 Å². The zero-order valence-electron chi connectivity index (χ0n) is 11.3. The third-order valence-electron chi connectivity index (χ3n) is 3.10. The molecule has 0 radical (unpaired) electrons. The molecule has 0 saturated heterocycles. The van der Waals surface area contributed by atoms with Crippen LogP contribution in [0.25, 0.3) is 15.8 Å². The SMILES string of the molecule is C=C(C)c1ccccc1CSc1nc2ccccc2s1. The molecule has 1 nitrogen and oxygen atoms in total. The Morgan fingerprint density at radius 1 is 1.15 bits per heavy atom. The lowest BCUT2D eigenvalue weighted by Crippen LogP contribution is -1.88. The lowest BCUT2D eigenvalue weighted by Gasteiger charge is -2.07. The van der Waals surface area contributed by atoms with E-state index in [1.54, 1.807) is 23.1 Å². The highest BCUT2D eigenvalue weighted by Gasteiger charge is 2.07. The van der Waals surface area contributed by atoms with E-state index in [1.165, 1.54) is 15.8 Å². The van der Waals surface area contributed by atoms with E-state index in [0.29, 0.717) is 0 Å². The number of aromatic nitrogens is 1. The molecule has 0 spiro atoms. The quantitative estimate of drug-likeness (QED) is 0.579. The molecule has 3 heteroatoms. The van der Waals surface area contributed by atoms with Gasteiger partial charge in [0, 0.05) is 5.75 Å². The second kappa shape index (κ2) is 5.81. The summed E-state index contributed by atoms with van der Waals surface area (Å²) in [6.07, 6.45) is 0. The monoisotopic (exact) mass is 297 g/mol. The zero-order valence-corrected chi connectivity index (χ0v) is 12.9. The average Bonchev–Trinajstić information content (AvgIpc) is 2.88. The Morgan fingerprint density at radius 2 is 1.90 bits per heavy atom. The molecule has 3 rings (SSSR count). The predicted molar refractivity (Wildman–Crippen MR) is 90.3 cm³/mol. The first kappa shape index (κ1) is 13.4. The molecule has 0 atom stereocenters. The van der Waals surface area contributed by atoms with Crippen LogP contribution >= 0.6 is 23.1 Å². The molecule has 0 N–H and O–H groups in total. The van der Waals surface area contributed by atoms with Crippen molar-refractivity contribution in [2.75, 3.05) is 0 Å². The van der Waals surface area contributed by atoms with Crippen LogP contribution in [-0.4, -0.2) is 4.98 Å². The van der Waals surface area contributed by atoms with Gasteiger partial charge in [-0.25, -0.2) is 4.98 Å². The first-order valence-corrected chi connectivity index (χ1v) is 8.26. The Hall–Kier alpha value is -1.58. The van der Waals surface area contributed by atoms with E-state index in [-0.39, 0.29) is 0 Å². The molecule has 0 aliphatic rings. The van der Waals surface area contributed by atoms with Gasteiger partial charge < -0.3 is 0 Å². The van der Waals surface area contributed by atoms with E-state index in [2.05, 4.69) is 61.0 Å². The van der Waals surface area contributed by atoms with Crippen LogP contribution in [0.1, 0.15) is 18.1 Å². The summed E-state index contributed by atoms with van der Waals surface area (Å²) in [4.78, 5) is 4.66. The molecule has 0 unspecified atom stereocenters. The second-order valence-corrected chi connectivity index (χ2v) is 6.93. The topological polar surface area (TPSA) is 12.9 Å². The van der Waals surface area contributed by atoms with Crippen molar-refractivity contribution in [3.8, 4) is 0 Å². The van der Waals surface area contributed by atoms with Gasteiger partial charge in [-0.2, -0.15) is 0 Å². The summed E-state index contributed by atoms with van der Waals surface area (Å²) in [5, 5.41) is 0. The molecule has 0 bridgehead atoms. The highest BCUT2D eigenvalue weighted by Crippen LogP contribution is 2.32. The minimum atomic E-state index is 0.933. The fraction of sp³-hybridized carbons (Fsp3) is 0.118. The van der Waals surface area contributed by atoms with Gasteiger partial charge in [0.15, 0.2) is 4.34 Å². The summed E-state index contributed by atoms with van der Waals surface area (Å²) in [6, 6.07) is 16.7. The van der Waals surface area contributed by atoms with Gasteiger partial charge in [0.25, 0.3) is 0 Å². The summed E-state index contributed by atoms with van der Waals surface area (Å²) in [5.74, 6) is 0.933. The van der Waals surface area contributed by atoms with Gasteiger partial charge in [-0.05, 0) is 30.2 Å². The molecule has 20 heavy (non-hydrogen) atoms. The summed E-state index contributed by atoms with van der Waals surface area (Å²) >= 11 is 3.56. The Kier molecular flexibility index (Phi) is 3.90. The molecule has 100 valence electrons. The number of allylic oxidation sites excluding steroid dienone is 1. The average molecular weight is 297 g/mol. The summed E-state index contributed by atoms with van der Waals surface area (Å²) in [6.45, 7) is 6.11. The first-order valence-electron chi connectivity index (χ1n) is 6.46. The van der Waals surface area contributed by atoms with E-state index < -0.39 is 0 Å². The summed E-state index contributed by atoms with van der Waals surface area (Å²) in [7, 11) is 0. The summed E-state index contributed by atoms with van der Waals surface area (Å²) in [5.41, 5.74) is 4.78. The highest BCUT2D eigenvalue weighted by molar-refractivity contribution is 8.00. The molecule has 0 aliphatic heterocycles. The maximum absolute atomic E-state index is 4.66. The molecular weight excluding hydrogens is 282 g/mol. The van der Waals surface area contributed by atoms with E-state index in [0.717, 1.165) is 21.2 Å². The Bertz CT molecular complexity index is 725. The highest BCUT2D eigenvalue weighted by atomic mass is 32.2. The predicted octanol–water partition coefficient (Wildman–Crippen LogP) is 5.62. The molecular formula is C17H15NS2. The Morgan fingerprint density at radius 3 is 2.70 bits per heavy atom. The molecule has 0 fully saturated rings. The van der Waals surface area contributed by atoms with Crippen LogP contribution in [0.15, 0.2) is 59.4 Å². The van der Waals surface area contributed by atoms with Crippen LogP contribution in [0.2, 0.25) is 0 Å². The standard InChI is InChI=1S/C17H15NS2/c1-12(2)14-8-4-3-7-13(14)11-19-17-18-15-9-5-6-10-16(15)20-17/h3-10H,1,11H2,2H3. The lowest BCUT2D eigenvalue weighted by atomic mass is 10.0. The normalized spacial score (nSPS) is 10.8. The van der Waals surface area contributed by atoms with E-state index in [1.807, 2.05) is 6.07 Å². The molecule has 0 saturated carbocycles.